The lowest BCUT2D eigenvalue weighted by Crippen LogP contribution is -2.62. The molecule has 0 radical (unpaired) electrons. The van der Waals surface area contributed by atoms with Crippen LogP contribution in [0.1, 0.15) is 37.0 Å². The van der Waals surface area contributed by atoms with Crippen LogP contribution in [-0.4, -0.2) is 119 Å². The fourth-order valence-corrected chi connectivity index (χ4v) is 5.79. The van der Waals surface area contributed by atoms with Gasteiger partial charge in [0.1, 0.15) is 30.4 Å². The van der Waals surface area contributed by atoms with Crippen LogP contribution in [0.25, 0.3) is 0 Å². The van der Waals surface area contributed by atoms with Gasteiger partial charge in [-0.05, 0) is 55.5 Å². The highest BCUT2D eigenvalue weighted by Crippen LogP contribution is 2.35. The van der Waals surface area contributed by atoms with Gasteiger partial charge in [0, 0.05) is 13.0 Å². The molecule has 262 valence electrons. The number of nitrogens with one attached hydrogen (secondary N) is 1. The fourth-order valence-electron chi connectivity index (χ4n) is 5.79. The normalized spacial score (nSPS) is 24.9. The molecule has 8 atom stereocenters. The van der Waals surface area contributed by atoms with Crippen LogP contribution < -0.4 is 14.8 Å². The van der Waals surface area contributed by atoms with Crippen LogP contribution in [0.2, 0.25) is 0 Å². The highest BCUT2D eigenvalue weighted by molar-refractivity contribution is 5.89. The molecule has 2 aromatic rings. The van der Waals surface area contributed by atoms with Gasteiger partial charge in [0.25, 0.3) is 0 Å². The Morgan fingerprint density at radius 2 is 1.62 bits per heavy atom. The number of aliphatic carboxylic acids is 1. The predicted molar refractivity (Wildman–Crippen MR) is 166 cm³/mol. The topological polar surface area (TPSA) is 211 Å². The highest BCUT2D eigenvalue weighted by Gasteiger charge is 2.50. The number of nitrogens with zero attached hydrogens (tertiary/aromatic N) is 1. The molecule has 0 bridgehead atoms. The van der Waals surface area contributed by atoms with E-state index in [2.05, 4.69) is 5.32 Å². The van der Waals surface area contributed by atoms with Crippen LogP contribution >= 0.6 is 0 Å². The van der Waals surface area contributed by atoms with E-state index in [1.165, 1.54) is 19.1 Å². The number of hydrogen-bond donors (Lipinski definition) is 5. The van der Waals surface area contributed by atoms with Gasteiger partial charge in [-0.25, -0.2) is 9.59 Å². The molecular formula is C33H42N2O13. The van der Waals surface area contributed by atoms with Crippen molar-refractivity contribution < 1.29 is 63.3 Å². The summed E-state index contributed by atoms with van der Waals surface area (Å²) in [5.41, 5.74) is 2.25. The Balaban J connectivity index is 1.61. The second kappa shape index (κ2) is 16.2. The number of esters is 2. The Kier molecular flexibility index (Phi) is 12.3. The molecule has 15 nitrogen and oxygen atoms in total. The van der Waals surface area contributed by atoms with Gasteiger partial charge in [0.15, 0.2) is 17.6 Å². The molecule has 0 aliphatic carbocycles. The van der Waals surface area contributed by atoms with Gasteiger partial charge in [-0.1, -0.05) is 30.3 Å². The number of amides is 1. The zero-order chi connectivity index (χ0) is 35.1. The smallest absolute Gasteiger partial charge is 0.335 e. The van der Waals surface area contributed by atoms with Crippen LogP contribution in [0.15, 0.2) is 42.5 Å². The van der Waals surface area contributed by atoms with Crippen molar-refractivity contribution in [3.8, 4) is 11.5 Å². The number of aryl methyl sites for hydroxylation is 1. The van der Waals surface area contributed by atoms with Gasteiger partial charge in [0.05, 0.1) is 26.9 Å². The molecule has 5 N–H and O–H groups in total. The third-order valence-corrected chi connectivity index (χ3v) is 8.39. The molecule has 2 heterocycles. The number of carboxylic acids is 1. The van der Waals surface area contributed by atoms with Gasteiger partial charge in [-0.2, -0.15) is 0 Å². The molecular weight excluding hydrogens is 632 g/mol. The van der Waals surface area contributed by atoms with Crippen molar-refractivity contribution in [2.24, 2.45) is 0 Å². The first-order valence-electron chi connectivity index (χ1n) is 15.5. The summed E-state index contributed by atoms with van der Waals surface area (Å²) >= 11 is 0. The van der Waals surface area contributed by atoms with Gasteiger partial charge >= 0.3 is 17.9 Å². The van der Waals surface area contributed by atoms with E-state index in [-0.39, 0.29) is 19.6 Å². The largest absolute Gasteiger partial charge is 0.493 e. The van der Waals surface area contributed by atoms with E-state index in [0.717, 1.165) is 5.56 Å². The Morgan fingerprint density at radius 3 is 2.23 bits per heavy atom. The maximum atomic E-state index is 14.1. The Labute approximate surface area is 277 Å². The van der Waals surface area contributed by atoms with Crippen molar-refractivity contribution in [3.63, 3.8) is 0 Å². The van der Waals surface area contributed by atoms with Crippen molar-refractivity contribution in [2.45, 2.75) is 88.5 Å². The van der Waals surface area contributed by atoms with Crippen molar-refractivity contribution in [1.29, 1.82) is 0 Å². The lowest BCUT2D eigenvalue weighted by Gasteiger charge is -2.41. The zero-order valence-electron chi connectivity index (χ0n) is 27.1. The molecule has 0 aromatic heterocycles. The van der Waals surface area contributed by atoms with E-state index in [1.807, 2.05) is 30.3 Å². The van der Waals surface area contributed by atoms with Crippen LogP contribution in [-0.2, 0) is 52.8 Å². The van der Waals surface area contributed by atoms with Gasteiger partial charge < -0.3 is 49.0 Å². The quantitative estimate of drug-likeness (QED) is 0.176. The second-order valence-electron chi connectivity index (χ2n) is 11.6. The number of rotatable bonds is 13. The standard InChI is InChI=1S/C33H42N2O13/c1-5-46-31(42)21(12-11-18-9-7-6-8-10-18)34-17(2)29(39)35-16-20-15-24(45-4)23(44-3)14-19(20)13-22(35)32(43)48-33-27(38)25(36)26(37)28(47-33)30(40)41/h6-10,14-15,17,21-22,25-28,33-34,36-38H,5,11-13,16H2,1-4H3,(H,40,41)/t17-,21+,22-,25?,26+,27?,28?,33-/m0/s1. The van der Waals surface area contributed by atoms with Gasteiger partial charge in [-0.3, -0.25) is 14.9 Å². The number of fused-ring (bicyclic) bond motifs is 1. The van der Waals surface area contributed by atoms with E-state index in [1.54, 1.807) is 26.0 Å². The number of benzene rings is 2. The lowest BCUT2D eigenvalue weighted by atomic mass is 9.92. The number of carbonyl (C=O) groups excluding carboxylic acids is 3. The Hall–Kier alpha value is -4.28. The Morgan fingerprint density at radius 1 is 0.979 bits per heavy atom. The zero-order valence-corrected chi connectivity index (χ0v) is 27.1. The SMILES string of the molecule is CCOC(=O)[C@@H](CCc1ccccc1)N[C@@H](C)C(=O)N1Cc2cc(OC)c(OC)cc2C[C@H]1C(=O)O[C@@H]1OC(C(=O)O)[C@H](O)C(O)C1O. The molecule has 4 rings (SSSR count). The summed E-state index contributed by atoms with van der Waals surface area (Å²) in [5.74, 6) is -3.06. The lowest BCUT2D eigenvalue weighted by molar-refractivity contribution is -0.287. The molecule has 1 fully saturated rings. The summed E-state index contributed by atoms with van der Waals surface area (Å²) in [5, 5.41) is 43.2. The van der Waals surface area contributed by atoms with Crippen molar-refractivity contribution in [3.05, 3.63) is 59.2 Å². The van der Waals surface area contributed by atoms with Crippen molar-refractivity contribution in [2.75, 3.05) is 20.8 Å². The monoisotopic (exact) mass is 674 g/mol. The minimum absolute atomic E-state index is 0.0847. The summed E-state index contributed by atoms with van der Waals surface area (Å²) in [6.07, 6.45) is -9.19. The average molecular weight is 675 g/mol. The number of carboxylic acid groups (broad SMARTS) is 1. The minimum atomic E-state index is -2.00. The van der Waals surface area contributed by atoms with E-state index < -0.39 is 72.6 Å². The molecule has 1 saturated heterocycles. The molecule has 0 spiro atoms. The summed E-state index contributed by atoms with van der Waals surface area (Å²) < 4.78 is 26.6. The highest BCUT2D eigenvalue weighted by atomic mass is 16.7. The van der Waals surface area contributed by atoms with Crippen molar-refractivity contribution in [1.82, 2.24) is 10.2 Å². The number of aliphatic hydroxyl groups excluding tert-OH is 3. The summed E-state index contributed by atoms with van der Waals surface area (Å²) in [6, 6.07) is 9.65. The summed E-state index contributed by atoms with van der Waals surface area (Å²) in [4.78, 5) is 53.6. The number of methoxy groups -OCH3 is 2. The number of carbonyl (C=O) groups is 4. The van der Waals surface area contributed by atoms with E-state index >= 15 is 0 Å². The van der Waals surface area contributed by atoms with Gasteiger partial charge in [-0.15, -0.1) is 0 Å². The van der Waals surface area contributed by atoms with Crippen LogP contribution in [0.4, 0.5) is 0 Å². The first-order valence-corrected chi connectivity index (χ1v) is 15.5. The van der Waals surface area contributed by atoms with Gasteiger partial charge in [0.2, 0.25) is 12.2 Å². The number of aliphatic hydroxyl groups is 3. The molecule has 2 aliphatic heterocycles. The molecule has 3 unspecified atom stereocenters. The molecule has 15 heteroatoms. The summed E-state index contributed by atoms with van der Waals surface area (Å²) in [7, 11) is 2.90. The number of hydrogen-bond acceptors (Lipinski definition) is 13. The Bertz CT molecular complexity index is 1450. The van der Waals surface area contributed by atoms with Crippen LogP contribution in [0.3, 0.4) is 0 Å². The summed E-state index contributed by atoms with van der Waals surface area (Å²) in [6.45, 7) is 3.27. The molecule has 2 aromatic carbocycles. The third kappa shape index (κ3) is 8.22. The second-order valence-corrected chi connectivity index (χ2v) is 11.6. The fraction of sp³-hybridized carbons (Fsp3) is 0.515. The molecule has 0 saturated carbocycles. The maximum absolute atomic E-state index is 14.1. The van der Waals surface area contributed by atoms with Crippen LogP contribution in [0.5, 0.6) is 11.5 Å². The average Bonchev–Trinajstić information content (AvgIpc) is 3.08. The molecule has 48 heavy (non-hydrogen) atoms. The van der Waals surface area contributed by atoms with Crippen LogP contribution in [0, 0.1) is 0 Å². The van der Waals surface area contributed by atoms with E-state index in [9.17, 15) is 39.6 Å². The maximum Gasteiger partial charge on any atom is 0.335 e. The first kappa shape index (κ1) is 36.6. The third-order valence-electron chi connectivity index (χ3n) is 8.39. The molecule has 2 aliphatic rings. The molecule has 1 amide bonds. The van der Waals surface area contributed by atoms with E-state index in [4.69, 9.17) is 23.7 Å². The van der Waals surface area contributed by atoms with E-state index in [0.29, 0.717) is 35.5 Å². The minimum Gasteiger partial charge on any atom is -0.493 e. The number of ether oxygens (including phenoxy) is 5. The first-order chi connectivity index (χ1) is 22.9. The predicted octanol–water partition coefficient (Wildman–Crippen LogP) is -0.0649. The van der Waals surface area contributed by atoms with Crippen molar-refractivity contribution >= 4 is 23.8 Å².